The first-order chi connectivity index (χ1) is 13.5. The van der Waals surface area contributed by atoms with Crippen molar-refractivity contribution in [2.24, 2.45) is 0 Å². The number of aromatic nitrogens is 2. The zero-order valence-electron chi connectivity index (χ0n) is 16.8. The Bertz CT molecular complexity index is 919. The Morgan fingerprint density at radius 1 is 1.07 bits per heavy atom. The molecule has 0 aliphatic rings. The Hall–Kier alpha value is -2.62. The van der Waals surface area contributed by atoms with Crippen LogP contribution in [0.5, 0.6) is 0 Å². The molecule has 1 aromatic heterocycles. The average Bonchev–Trinajstić information content (AvgIpc) is 2.69. The number of aryl methyl sites for hydroxylation is 1. The molecule has 2 aromatic carbocycles. The third-order valence-corrected chi connectivity index (χ3v) is 3.81. The fraction of sp³-hybridized carbons (Fsp3) is 0.208. The molecular weight excluding hydrogens is 540 g/mol. The van der Waals surface area contributed by atoms with Crippen LogP contribution in [0.1, 0.15) is 32.8 Å². The zero-order valence-corrected chi connectivity index (χ0v) is 19.2. The maximum absolute atomic E-state index is 10.0. The smallest absolute Gasteiger partial charge is 0.155 e. The van der Waals surface area contributed by atoms with Crippen LogP contribution in [-0.2, 0) is 31.3 Å². The number of aliphatic hydroxyl groups is 1. The molecule has 5 heteroatoms. The van der Waals surface area contributed by atoms with Gasteiger partial charge >= 0.3 is 0 Å². The quantitative estimate of drug-likeness (QED) is 0.249. The minimum Gasteiger partial charge on any atom is -0.512 e. The zero-order chi connectivity index (χ0) is 20.4. The van der Waals surface area contributed by atoms with Gasteiger partial charge in [0.25, 0.3) is 0 Å². The van der Waals surface area contributed by atoms with Gasteiger partial charge in [-0.25, -0.2) is 0 Å². The van der Waals surface area contributed by atoms with Gasteiger partial charge in [-0.05, 0) is 31.4 Å². The first kappa shape index (κ1) is 24.4. The summed E-state index contributed by atoms with van der Waals surface area (Å²) < 4.78 is 0. The van der Waals surface area contributed by atoms with Crippen LogP contribution in [0, 0.1) is 6.07 Å². The number of nitrogens with zero attached hydrogens (tertiary/aromatic N) is 2. The average molecular weight is 566 g/mol. The minimum absolute atomic E-state index is 0. The van der Waals surface area contributed by atoms with Gasteiger partial charge in [0.15, 0.2) is 5.78 Å². The van der Waals surface area contributed by atoms with Crippen LogP contribution in [0.2, 0.25) is 0 Å². The van der Waals surface area contributed by atoms with Gasteiger partial charge in [-0.3, -0.25) is 14.8 Å². The third-order valence-electron chi connectivity index (χ3n) is 3.81. The van der Waals surface area contributed by atoms with Gasteiger partial charge in [-0.1, -0.05) is 43.7 Å². The van der Waals surface area contributed by atoms with Crippen LogP contribution in [0.25, 0.3) is 22.5 Å². The first-order valence-electron chi connectivity index (χ1n) is 9.26. The number of ketones is 1. The SMILES string of the molecule is CC(=O)C=C(C)O.CCCc1cnc(-c2[c-]ccc(-c3ccccc3)c2)nc1.[Ir]. The summed E-state index contributed by atoms with van der Waals surface area (Å²) in [5.74, 6) is 0.667. The molecule has 1 radical (unpaired) electrons. The van der Waals surface area contributed by atoms with Crippen molar-refractivity contribution in [3.63, 3.8) is 0 Å². The summed E-state index contributed by atoms with van der Waals surface area (Å²) in [4.78, 5) is 18.9. The van der Waals surface area contributed by atoms with Crippen molar-refractivity contribution in [3.05, 3.63) is 84.4 Å². The Morgan fingerprint density at radius 3 is 2.24 bits per heavy atom. The minimum atomic E-state index is -0.125. The van der Waals surface area contributed by atoms with E-state index in [0.717, 1.165) is 29.8 Å². The largest absolute Gasteiger partial charge is 0.512 e. The second-order valence-corrected chi connectivity index (χ2v) is 6.42. The molecule has 0 saturated heterocycles. The fourth-order valence-electron chi connectivity index (χ4n) is 2.61. The monoisotopic (exact) mass is 566 g/mol. The van der Waals surface area contributed by atoms with E-state index in [-0.39, 0.29) is 31.6 Å². The van der Waals surface area contributed by atoms with E-state index < -0.39 is 0 Å². The van der Waals surface area contributed by atoms with E-state index in [1.807, 2.05) is 36.7 Å². The first-order valence-corrected chi connectivity index (χ1v) is 9.26. The predicted octanol–water partition coefficient (Wildman–Crippen LogP) is 5.60. The van der Waals surface area contributed by atoms with E-state index in [1.165, 1.54) is 31.1 Å². The summed E-state index contributed by atoms with van der Waals surface area (Å²) >= 11 is 0. The van der Waals surface area contributed by atoms with Gasteiger partial charge in [0.05, 0.1) is 11.6 Å². The molecule has 3 rings (SSSR count). The summed E-state index contributed by atoms with van der Waals surface area (Å²) in [5.41, 5.74) is 4.46. The van der Waals surface area contributed by atoms with Crippen molar-refractivity contribution >= 4 is 5.78 Å². The molecule has 0 aliphatic carbocycles. The second kappa shape index (κ2) is 12.8. The summed E-state index contributed by atoms with van der Waals surface area (Å²) in [6.07, 6.45) is 7.12. The molecule has 0 bridgehead atoms. The van der Waals surface area contributed by atoms with Crippen LogP contribution >= 0.6 is 0 Å². The van der Waals surface area contributed by atoms with E-state index in [0.29, 0.717) is 0 Å². The molecule has 29 heavy (non-hydrogen) atoms. The molecular formula is C24H25IrN2O2-. The molecule has 0 amide bonds. The number of allylic oxidation sites excluding steroid dienone is 2. The van der Waals surface area contributed by atoms with Crippen molar-refractivity contribution in [2.45, 2.75) is 33.6 Å². The molecule has 4 nitrogen and oxygen atoms in total. The van der Waals surface area contributed by atoms with E-state index in [2.05, 4.69) is 47.2 Å². The van der Waals surface area contributed by atoms with E-state index >= 15 is 0 Å². The van der Waals surface area contributed by atoms with Gasteiger partial charge < -0.3 is 5.11 Å². The van der Waals surface area contributed by atoms with Crippen LogP contribution in [-0.4, -0.2) is 20.9 Å². The number of hydrogen-bond acceptors (Lipinski definition) is 4. The molecule has 0 unspecified atom stereocenters. The third kappa shape index (κ3) is 8.51. The molecule has 0 saturated carbocycles. The number of aliphatic hydroxyl groups excluding tert-OH is 1. The Morgan fingerprint density at radius 2 is 1.72 bits per heavy atom. The van der Waals surface area contributed by atoms with Crippen molar-refractivity contribution in [2.75, 3.05) is 0 Å². The van der Waals surface area contributed by atoms with Crippen molar-refractivity contribution < 1.29 is 30.0 Å². The standard InChI is InChI=1S/C19H17N2.C5H8O2.Ir/c1-2-7-15-13-20-19(21-14-15)18-11-6-10-17(12-18)16-8-4-3-5-9-16;1-4(6)3-5(2)7;/h3-6,8-10,12-14H,2,7H2,1H3;3,6H,1-2H3;/q-1;;. The van der Waals surface area contributed by atoms with Crippen molar-refractivity contribution in [1.29, 1.82) is 0 Å². The molecule has 0 spiro atoms. The fourth-order valence-corrected chi connectivity index (χ4v) is 2.61. The van der Waals surface area contributed by atoms with Gasteiger partial charge in [0.2, 0.25) is 0 Å². The van der Waals surface area contributed by atoms with Gasteiger partial charge in [-0.2, -0.15) is 0 Å². The van der Waals surface area contributed by atoms with E-state index in [9.17, 15) is 4.79 Å². The normalized spacial score (nSPS) is 10.4. The summed E-state index contributed by atoms with van der Waals surface area (Å²) in [7, 11) is 0. The molecule has 1 N–H and O–H groups in total. The number of benzene rings is 2. The maximum Gasteiger partial charge on any atom is 0.155 e. The predicted molar refractivity (Wildman–Crippen MR) is 113 cm³/mol. The van der Waals surface area contributed by atoms with Gasteiger partial charge in [0, 0.05) is 38.6 Å². The van der Waals surface area contributed by atoms with Crippen LogP contribution in [0.4, 0.5) is 0 Å². The Balaban J connectivity index is 0.000000456. The summed E-state index contributed by atoms with van der Waals surface area (Å²) in [6, 6.07) is 19.6. The summed E-state index contributed by atoms with van der Waals surface area (Å²) in [5, 5.41) is 8.36. The molecule has 153 valence electrons. The van der Waals surface area contributed by atoms with Crippen molar-refractivity contribution in [1.82, 2.24) is 9.97 Å². The van der Waals surface area contributed by atoms with Crippen LogP contribution in [0.15, 0.2) is 72.8 Å². The molecule has 3 aromatic rings. The van der Waals surface area contributed by atoms with Gasteiger partial charge in [0.1, 0.15) is 0 Å². The van der Waals surface area contributed by atoms with Crippen LogP contribution in [0.3, 0.4) is 0 Å². The Kier molecular flexibility index (Phi) is 10.7. The van der Waals surface area contributed by atoms with Gasteiger partial charge in [-0.15, -0.1) is 35.4 Å². The number of hydrogen-bond donors (Lipinski definition) is 1. The van der Waals surface area contributed by atoms with Crippen molar-refractivity contribution in [3.8, 4) is 22.5 Å². The second-order valence-electron chi connectivity index (χ2n) is 6.42. The number of carbonyl (C=O) groups excluding carboxylic acids is 1. The topological polar surface area (TPSA) is 63.1 Å². The number of rotatable bonds is 5. The van der Waals surface area contributed by atoms with Crippen LogP contribution < -0.4 is 0 Å². The number of carbonyl (C=O) groups is 1. The maximum atomic E-state index is 10.0. The summed E-state index contributed by atoms with van der Waals surface area (Å²) in [6.45, 7) is 5.01. The Labute approximate surface area is 186 Å². The van der Waals surface area contributed by atoms with E-state index in [1.54, 1.807) is 0 Å². The van der Waals surface area contributed by atoms with E-state index in [4.69, 9.17) is 5.11 Å². The molecule has 0 fully saturated rings. The molecule has 0 atom stereocenters. The molecule has 0 aliphatic heterocycles. The molecule has 1 heterocycles.